The van der Waals surface area contributed by atoms with Gasteiger partial charge in [0.1, 0.15) is 6.54 Å². The van der Waals surface area contributed by atoms with Gasteiger partial charge in [0, 0.05) is 38.3 Å². The Morgan fingerprint density at radius 1 is 1.09 bits per heavy atom. The van der Waals surface area contributed by atoms with E-state index in [2.05, 4.69) is 15.1 Å². The summed E-state index contributed by atoms with van der Waals surface area (Å²) < 4.78 is 40.9. The van der Waals surface area contributed by atoms with E-state index in [-0.39, 0.29) is 12.5 Å². The number of carbonyl (C=O) groups is 1. The van der Waals surface area contributed by atoms with Gasteiger partial charge in [0.05, 0.1) is 5.56 Å². The molecule has 1 aliphatic rings. The van der Waals surface area contributed by atoms with Crippen LogP contribution in [0.4, 0.5) is 13.2 Å². The number of aromatic amines is 1. The molecule has 0 aliphatic carbocycles. The molecule has 2 heterocycles. The van der Waals surface area contributed by atoms with Crippen molar-refractivity contribution in [1.82, 2.24) is 24.6 Å². The predicted octanol–water partition coefficient (Wildman–Crippen LogP) is 4.28. The van der Waals surface area contributed by atoms with Gasteiger partial charge >= 0.3 is 6.18 Å². The Kier molecular flexibility index (Phi) is 6.66. The van der Waals surface area contributed by atoms with Crippen molar-refractivity contribution >= 4 is 18.1 Å². The van der Waals surface area contributed by atoms with Crippen LogP contribution in [-0.2, 0) is 24.1 Å². The van der Waals surface area contributed by atoms with Gasteiger partial charge in [0.15, 0.2) is 10.6 Å². The van der Waals surface area contributed by atoms with E-state index in [9.17, 15) is 18.0 Å². The fourth-order valence-electron chi connectivity index (χ4n) is 3.96. The number of halogens is 3. The van der Waals surface area contributed by atoms with Crippen molar-refractivity contribution in [3.63, 3.8) is 0 Å². The molecule has 0 unspecified atom stereocenters. The van der Waals surface area contributed by atoms with E-state index in [4.69, 9.17) is 12.2 Å². The van der Waals surface area contributed by atoms with Crippen LogP contribution >= 0.6 is 12.2 Å². The predicted molar refractivity (Wildman–Crippen MR) is 121 cm³/mol. The smallest absolute Gasteiger partial charge is 0.339 e. The third-order valence-corrected chi connectivity index (χ3v) is 6.03. The van der Waals surface area contributed by atoms with Gasteiger partial charge in [-0.05, 0) is 36.8 Å². The van der Waals surface area contributed by atoms with Crippen LogP contribution in [0.1, 0.15) is 16.7 Å². The summed E-state index contributed by atoms with van der Waals surface area (Å²) in [5.41, 5.74) is 1.92. The van der Waals surface area contributed by atoms with Gasteiger partial charge in [-0.1, -0.05) is 42.0 Å². The Morgan fingerprint density at radius 2 is 1.82 bits per heavy atom. The molecule has 4 rings (SSSR count). The Hall–Kier alpha value is -2.98. The molecule has 0 saturated carbocycles. The van der Waals surface area contributed by atoms with Crippen LogP contribution in [0, 0.1) is 11.7 Å². The van der Waals surface area contributed by atoms with Crippen LogP contribution in [0.2, 0.25) is 0 Å². The molecule has 1 saturated heterocycles. The first-order chi connectivity index (χ1) is 15.7. The van der Waals surface area contributed by atoms with Crippen molar-refractivity contribution in [3.05, 3.63) is 70.0 Å². The van der Waals surface area contributed by atoms with Crippen LogP contribution < -0.4 is 0 Å². The Bertz CT molecular complexity index is 1200. The van der Waals surface area contributed by atoms with Gasteiger partial charge in [-0.25, -0.2) is 0 Å². The van der Waals surface area contributed by atoms with Crippen molar-refractivity contribution in [1.29, 1.82) is 0 Å². The highest BCUT2D eigenvalue weighted by atomic mass is 32.1. The molecule has 0 atom stereocenters. The van der Waals surface area contributed by atoms with E-state index in [1.165, 1.54) is 12.1 Å². The van der Waals surface area contributed by atoms with Gasteiger partial charge in [-0.3, -0.25) is 19.4 Å². The number of nitrogens with one attached hydrogen (secondary N) is 1. The quantitative estimate of drug-likeness (QED) is 0.560. The third-order valence-electron chi connectivity index (χ3n) is 5.71. The Balaban J connectivity index is 1.37. The third kappa shape index (κ3) is 5.51. The number of aryl methyl sites for hydroxylation is 1. The summed E-state index contributed by atoms with van der Waals surface area (Å²) in [6.45, 7) is 4.65. The fraction of sp³-hybridized carbons (Fsp3) is 0.348. The highest BCUT2D eigenvalue weighted by Crippen LogP contribution is 2.29. The van der Waals surface area contributed by atoms with Gasteiger partial charge in [-0.2, -0.15) is 18.3 Å². The summed E-state index contributed by atoms with van der Waals surface area (Å²) in [6, 6.07) is 13.2. The molecule has 0 radical (unpaired) electrons. The molecule has 174 valence electrons. The number of carbonyl (C=O) groups excluding carboxylic acids is 1. The number of aromatic nitrogens is 3. The highest BCUT2D eigenvalue weighted by molar-refractivity contribution is 7.71. The Morgan fingerprint density at radius 3 is 2.52 bits per heavy atom. The van der Waals surface area contributed by atoms with Crippen LogP contribution in [0.25, 0.3) is 11.4 Å². The first-order valence-corrected chi connectivity index (χ1v) is 11.0. The zero-order valence-electron chi connectivity index (χ0n) is 18.1. The van der Waals surface area contributed by atoms with Gasteiger partial charge in [0.2, 0.25) is 5.91 Å². The van der Waals surface area contributed by atoms with Crippen molar-refractivity contribution in [2.24, 2.45) is 0 Å². The van der Waals surface area contributed by atoms with Crippen LogP contribution in [-0.4, -0.2) is 56.7 Å². The van der Waals surface area contributed by atoms with Gasteiger partial charge < -0.3 is 4.90 Å². The summed E-state index contributed by atoms with van der Waals surface area (Å²) >= 11 is 5.34. The maximum Gasteiger partial charge on any atom is 0.416 e. The fourth-order valence-corrected chi connectivity index (χ4v) is 4.16. The average Bonchev–Trinajstić information content (AvgIpc) is 3.14. The topological polar surface area (TPSA) is 57.2 Å². The molecular formula is C23H24F3N5OS. The zero-order valence-corrected chi connectivity index (χ0v) is 18.9. The molecule has 0 spiro atoms. The summed E-state index contributed by atoms with van der Waals surface area (Å²) in [5.74, 6) is 0.542. The van der Waals surface area contributed by atoms with Crippen molar-refractivity contribution < 1.29 is 18.0 Å². The first-order valence-electron chi connectivity index (χ1n) is 10.6. The molecule has 2 aromatic carbocycles. The normalized spacial score (nSPS) is 15.1. The number of piperazine rings is 1. The summed E-state index contributed by atoms with van der Waals surface area (Å²) in [4.78, 5) is 16.8. The van der Waals surface area contributed by atoms with Crippen molar-refractivity contribution in [2.45, 2.75) is 26.2 Å². The molecule has 10 heteroatoms. The molecule has 3 aromatic rings. The maximum absolute atomic E-state index is 13.0. The SMILES string of the molecule is Cc1cccc(-c2n[nH]c(=S)n2CC(=O)N2CCN(Cc3cccc(C(F)(F)F)c3)CC2)c1. The molecule has 1 fully saturated rings. The molecule has 1 aromatic heterocycles. The zero-order chi connectivity index (χ0) is 23.6. The minimum absolute atomic E-state index is 0.0693. The van der Waals surface area contributed by atoms with E-state index in [0.717, 1.165) is 17.2 Å². The molecule has 6 nitrogen and oxygen atoms in total. The number of amides is 1. The minimum atomic E-state index is -4.35. The van der Waals surface area contributed by atoms with Crippen LogP contribution in [0.5, 0.6) is 0 Å². The number of hydrogen-bond acceptors (Lipinski definition) is 4. The number of hydrogen-bond donors (Lipinski definition) is 1. The molecule has 0 bridgehead atoms. The van der Waals surface area contributed by atoms with E-state index < -0.39 is 11.7 Å². The van der Waals surface area contributed by atoms with Crippen LogP contribution in [0.3, 0.4) is 0 Å². The van der Waals surface area contributed by atoms with E-state index in [1.807, 2.05) is 31.2 Å². The van der Waals surface area contributed by atoms with E-state index in [1.54, 1.807) is 15.5 Å². The number of alkyl halides is 3. The second-order valence-corrected chi connectivity index (χ2v) is 8.55. The number of benzene rings is 2. The van der Waals surface area contributed by atoms with Crippen molar-refractivity contribution in [2.75, 3.05) is 26.2 Å². The summed E-state index contributed by atoms with van der Waals surface area (Å²) in [7, 11) is 0. The van der Waals surface area contributed by atoms with Crippen molar-refractivity contribution in [3.8, 4) is 11.4 Å². The minimum Gasteiger partial charge on any atom is -0.339 e. The average molecular weight is 476 g/mol. The van der Waals surface area contributed by atoms with Gasteiger partial charge in [-0.15, -0.1) is 0 Å². The lowest BCUT2D eigenvalue weighted by atomic mass is 10.1. The molecule has 1 aliphatic heterocycles. The van der Waals surface area contributed by atoms with E-state index in [0.29, 0.717) is 48.9 Å². The maximum atomic E-state index is 13.0. The largest absolute Gasteiger partial charge is 0.416 e. The number of rotatable bonds is 5. The molecular weight excluding hydrogens is 451 g/mol. The lowest BCUT2D eigenvalue weighted by Gasteiger charge is -2.35. The second kappa shape index (κ2) is 9.48. The lowest BCUT2D eigenvalue weighted by Crippen LogP contribution is -2.49. The standard InChI is InChI=1S/C23H24F3N5OS/c1-16-4-2-6-18(12-16)21-27-28-22(33)31(21)15-20(32)30-10-8-29(9-11-30)14-17-5-3-7-19(13-17)23(24,25)26/h2-7,12-13H,8-11,14-15H2,1H3,(H,28,33). The molecule has 33 heavy (non-hydrogen) atoms. The summed E-state index contributed by atoms with van der Waals surface area (Å²) in [6.07, 6.45) is -4.35. The second-order valence-electron chi connectivity index (χ2n) is 8.16. The van der Waals surface area contributed by atoms with Gasteiger partial charge in [0.25, 0.3) is 0 Å². The molecule has 1 N–H and O–H groups in total. The monoisotopic (exact) mass is 475 g/mol. The van der Waals surface area contributed by atoms with E-state index >= 15 is 0 Å². The number of H-pyrrole nitrogens is 1. The number of nitrogens with zero attached hydrogens (tertiary/aromatic N) is 4. The Labute approximate surface area is 194 Å². The van der Waals surface area contributed by atoms with Crippen LogP contribution in [0.15, 0.2) is 48.5 Å². The lowest BCUT2D eigenvalue weighted by molar-refractivity contribution is -0.137. The highest BCUT2D eigenvalue weighted by Gasteiger charge is 2.30. The molecule has 1 amide bonds. The summed E-state index contributed by atoms with van der Waals surface area (Å²) in [5, 5.41) is 7.06. The first kappa shape index (κ1) is 23.2.